The monoisotopic (exact) mass is 480 g/mol. The number of para-hydroxylation sites is 1. The van der Waals surface area contributed by atoms with Crippen molar-refractivity contribution in [2.75, 3.05) is 27.3 Å². The summed E-state index contributed by atoms with van der Waals surface area (Å²) in [5, 5.41) is 2.91. The molecule has 2 amide bonds. The highest BCUT2D eigenvalue weighted by molar-refractivity contribution is 5.95. The van der Waals surface area contributed by atoms with Gasteiger partial charge in [0.25, 0.3) is 5.91 Å². The summed E-state index contributed by atoms with van der Waals surface area (Å²) in [5.74, 6) is -1.20. The molecule has 8 heteroatoms. The number of carbonyl (C=O) groups excluding carboxylic acids is 2. The maximum absolute atomic E-state index is 13.4. The molecule has 182 valence electrons. The lowest BCUT2D eigenvalue weighted by Crippen LogP contribution is -2.35. The first-order valence-electron chi connectivity index (χ1n) is 11.2. The van der Waals surface area contributed by atoms with Crippen molar-refractivity contribution in [3.8, 4) is 11.5 Å². The van der Waals surface area contributed by atoms with Crippen molar-refractivity contribution >= 4 is 11.8 Å². The van der Waals surface area contributed by atoms with E-state index in [2.05, 4.69) is 5.32 Å². The highest BCUT2D eigenvalue weighted by Gasteiger charge is 2.42. The van der Waals surface area contributed by atoms with Crippen molar-refractivity contribution in [1.29, 1.82) is 0 Å². The van der Waals surface area contributed by atoms with Gasteiger partial charge in [-0.05, 0) is 48.0 Å². The number of likely N-dealkylation sites (tertiary alicyclic amines) is 1. The van der Waals surface area contributed by atoms with Crippen LogP contribution in [0.2, 0.25) is 0 Å². The molecule has 0 aliphatic carbocycles. The normalized spacial score (nSPS) is 17.2. The summed E-state index contributed by atoms with van der Waals surface area (Å²) < 4.78 is 37.6. The number of halogens is 2. The van der Waals surface area contributed by atoms with E-state index in [9.17, 15) is 18.4 Å². The Morgan fingerprint density at radius 3 is 2.20 bits per heavy atom. The molecular weight excluding hydrogens is 454 g/mol. The Hall–Kier alpha value is -3.94. The minimum atomic E-state index is -0.569. The topological polar surface area (TPSA) is 67.9 Å². The number of hydrogen-bond donors (Lipinski definition) is 1. The fourth-order valence-corrected chi connectivity index (χ4v) is 4.45. The summed E-state index contributed by atoms with van der Waals surface area (Å²) in [6, 6.07) is 16.7. The molecule has 0 saturated carbocycles. The van der Waals surface area contributed by atoms with Gasteiger partial charge in [-0.15, -0.1) is 0 Å². The van der Waals surface area contributed by atoms with Crippen molar-refractivity contribution in [2.45, 2.75) is 12.5 Å². The Kier molecular flexibility index (Phi) is 7.29. The standard InChI is InChI=1S/C27H26F2N2O4/c1-34-24-5-3-4-21(25(24)35-2)22-15-31(27(33)18-8-12-20(29)13-9-18)16-23(22)26(32)30-14-17-6-10-19(28)11-7-17/h3-13,22-23H,14-16H2,1-2H3,(H,30,32)/t22-,23-/m0/s1. The van der Waals surface area contributed by atoms with Gasteiger partial charge in [0.05, 0.1) is 20.1 Å². The van der Waals surface area contributed by atoms with E-state index in [-0.39, 0.29) is 43.2 Å². The second-order valence-corrected chi connectivity index (χ2v) is 8.36. The van der Waals surface area contributed by atoms with Gasteiger partial charge in [0.2, 0.25) is 5.91 Å². The molecule has 1 aliphatic heterocycles. The van der Waals surface area contributed by atoms with Crippen LogP contribution in [-0.2, 0) is 11.3 Å². The third-order valence-electron chi connectivity index (χ3n) is 6.25. The maximum atomic E-state index is 13.4. The first kappa shape index (κ1) is 24.2. The molecule has 6 nitrogen and oxygen atoms in total. The van der Waals surface area contributed by atoms with Crippen LogP contribution in [0.4, 0.5) is 8.78 Å². The van der Waals surface area contributed by atoms with E-state index in [1.54, 1.807) is 23.1 Å². The number of methoxy groups -OCH3 is 2. The van der Waals surface area contributed by atoms with Crippen LogP contribution in [0.3, 0.4) is 0 Å². The van der Waals surface area contributed by atoms with Crippen molar-refractivity contribution in [3.63, 3.8) is 0 Å². The summed E-state index contributed by atoms with van der Waals surface area (Å²) in [4.78, 5) is 28.1. The van der Waals surface area contributed by atoms with Gasteiger partial charge in [-0.25, -0.2) is 8.78 Å². The average molecular weight is 481 g/mol. The van der Waals surface area contributed by atoms with E-state index in [4.69, 9.17) is 9.47 Å². The van der Waals surface area contributed by atoms with Crippen LogP contribution in [0.5, 0.6) is 11.5 Å². The zero-order valence-electron chi connectivity index (χ0n) is 19.5. The van der Waals surface area contributed by atoms with Crippen LogP contribution < -0.4 is 14.8 Å². The Morgan fingerprint density at radius 1 is 0.914 bits per heavy atom. The van der Waals surface area contributed by atoms with Crippen LogP contribution in [0.1, 0.15) is 27.4 Å². The number of nitrogens with one attached hydrogen (secondary N) is 1. The van der Waals surface area contributed by atoms with Crippen LogP contribution in [0, 0.1) is 17.6 Å². The Labute approximate surface area is 202 Å². The number of ether oxygens (including phenoxy) is 2. The molecule has 3 aromatic rings. The zero-order valence-corrected chi connectivity index (χ0v) is 19.5. The first-order valence-corrected chi connectivity index (χ1v) is 11.2. The predicted molar refractivity (Wildman–Crippen MR) is 126 cm³/mol. The smallest absolute Gasteiger partial charge is 0.253 e. The lowest BCUT2D eigenvalue weighted by atomic mass is 9.87. The van der Waals surface area contributed by atoms with Gasteiger partial charge in [-0.2, -0.15) is 0 Å². The van der Waals surface area contributed by atoms with Crippen molar-refractivity contribution in [3.05, 3.63) is 95.1 Å². The molecule has 1 saturated heterocycles. The van der Waals surface area contributed by atoms with E-state index >= 15 is 0 Å². The van der Waals surface area contributed by atoms with Gasteiger partial charge in [0, 0.05) is 36.7 Å². The number of benzene rings is 3. The Balaban J connectivity index is 1.61. The molecule has 1 aliphatic rings. The highest BCUT2D eigenvalue weighted by Crippen LogP contribution is 2.42. The zero-order chi connectivity index (χ0) is 24.9. The van der Waals surface area contributed by atoms with Crippen LogP contribution in [0.15, 0.2) is 66.7 Å². The highest BCUT2D eigenvalue weighted by atomic mass is 19.1. The summed E-state index contributed by atoms with van der Waals surface area (Å²) >= 11 is 0. The SMILES string of the molecule is COc1cccc([C@@H]2CN(C(=O)c3ccc(F)cc3)C[C@@H]2C(=O)NCc2ccc(F)cc2)c1OC. The number of amides is 2. The fourth-order valence-electron chi connectivity index (χ4n) is 4.45. The van der Waals surface area contributed by atoms with Crippen molar-refractivity contribution in [1.82, 2.24) is 10.2 Å². The number of hydrogen-bond acceptors (Lipinski definition) is 4. The largest absolute Gasteiger partial charge is 0.493 e. The molecule has 0 radical (unpaired) electrons. The molecule has 0 aromatic heterocycles. The van der Waals surface area contributed by atoms with Gasteiger partial charge in [0.1, 0.15) is 11.6 Å². The fraction of sp³-hybridized carbons (Fsp3) is 0.259. The van der Waals surface area contributed by atoms with E-state index in [1.807, 2.05) is 12.1 Å². The molecule has 1 N–H and O–H groups in total. The lowest BCUT2D eigenvalue weighted by Gasteiger charge is -2.21. The molecule has 0 spiro atoms. The Morgan fingerprint density at radius 2 is 1.57 bits per heavy atom. The number of rotatable bonds is 7. The van der Waals surface area contributed by atoms with Gasteiger partial charge < -0.3 is 19.7 Å². The molecular formula is C27H26F2N2O4. The van der Waals surface area contributed by atoms with E-state index in [0.29, 0.717) is 17.1 Å². The van der Waals surface area contributed by atoms with E-state index < -0.39 is 11.7 Å². The Bertz CT molecular complexity index is 1200. The molecule has 1 fully saturated rings. The summed E-state index contributed by atoms with van der Waals surface area (Å²) in [5.41, 5.74) is 1.85. The minimum Gasteiger partial charge on any atom is -0.493 e. The molecule has 35 heavy (non-hydrogen) atoms. The second kappa shape index (κ2) is 10.5. The summed E-state index contributed by atoms with van der Waals surface area (Å²) in [6.45, 7) is 0.675. The molecule has 4 rings (SSSR count). The predicted octanol–water partition coefficient (Wildman–Crippen LogP) is 4.15. The second-order valence-electron chi connectivity index (χ2n) is 8.36. The maximum Gasteiger partial charge on any atom is 0.253 e. The van der Waals surface area contributed by atoms with Crippen LogP contribution >= 0.6 is 0 Å². The quantitative estimate of drug-likeness (QED) is 0.552. The van der Waals surface area contributed by atoms with Crippen LogP contribution in [-0.4, -0.2) is 44.0 Å². The molecule has 3 aromatic carbocycles. The van der Waals surface area contributed by atoms with Gasteiger partial charge >= 0.3 is 0 Å². The average Bonchev–Trinajstić information content (AvgIpc) is 3.33. The van der Waals surface area contributed by atoms with Gasteiger partial charge in [-0.1, -0.05) is 24.3 Å². The van der Waals surface area contributed by atoms with E-state index in [1.165, 1.54) is 50.6 Å². The summed E-state index contributed by atoms with van der Waals surface area (Å²) in [7, 11) is 3.06. The van der Waals surface area contributed by atoms with Crippen LogP contribution in [0.25, 0.3) is 0 Å². The molecule has 2 atom stereocenters. The molecule has 1 heterocycles. The molecule has 0 unspecified atom stereocenters. The molecule has 0 bridgehead atoms. The van der Waals surface area contributed by atoms with Crippen molar-refractivity contribution < 1.29 is 27.8 Å². The first-order chi connectivity index (χ1) is 16.9. The number of carbonyl (C=O) groups is 2. The number of nitrogens with zero attached hydrogens (tertiary/aromatic N) is 1. The van der Waals surface area contributed by atoms with Crippen molar-refractivity contribution in [2.24, 2.45) is 5.92 Å². The van der Waals surface area contributed by atoms with Gasteiger partial charge in [0.15, 0.2) is 11.5 Å². The third-order valence-corrected chi connectivity index (χ3v) is 6.25. The third kappa shape index (κ3) is 5.26. The summed E-state index contributed by atoms with van der Waals surface area (Å²) in [6.07, 6.45) is 0. The lowest BCUT2D eigenvalue weighted by molar-refractivity contribution is -0.125. The van der Waals surface area contributed by atoms with E-state index in [0.717, 1.165) is 11.1 Å². The minimum absolute atomic E-state index is 0.177. The van der Waals surface area contributed by atoms with Gasteiger partial charge in [-0.3, -0.25) is 9.59 Å².